The van der Waals surface area contributed by atoms with E-state index in [4.69, 9.17) is 4.98 Å². The van der Waals surface area contributed by atoms with Crippen LogP contribution in [0.1, 0.15) is 10.4 Å². The Morgan fingerprint density at radius 1 is 0.735 bits per heavy atom. The molecule has 0 N–H and O–H groups in total. The summed E-state index contributed by atoms with van der Waals surface area (Å²) < 4.78 is 0. The van der Waals surface area contributed by atoms with Crippen molar-refractivity contribution in [3.05, 3.63) is 96.8 Å². The monoisotopic (exact) mass is 445 g/mol. The number of anilines is 1. The predicted molar refractivity (Wildman–Crippen MR) is 135 cm³/mol. The number of hydrogen-bond acceptors (Lipinski definition) is 5. The molecule has 0 atom stereocenters. The van der Waals surface area contributed by atoms with Gasteiger partial charge in [-0.25, -0.2) is 9.97 Å². The lowest BCUT2D eigenvalue weighted by atomic mass is 10.00. The summed E-state index contributed by atoms with van der Waals surface area (Å²) in [7, 11) is 0. The van der Waals surface area contributed by atoms with Crippen molar-refractivity contribution in [2.24, 2.45) is 0 Å². The molecule has 1 amide bonds. The third-order valence-electron chi connectivity index (χ3n) is 6.41. The van der Waals surface area contributed by atoms with Gasteiger partial charge in [0.1, 0.15) is 5.82 Å². The topological polar surface area (TPSA) is 62.2 Å². The number of carbonyl (C=O) groups excluding carboxylic acids is 1. The molecule has 34 heavy (non-hydrogen) atoms. The SMILES string of the molecule is O=C(c1cc2ccccc2c2cccnc12)N1CCN(c2ccnc(-c3ccccc3)n2)CC1. The molecule has 0 saturated carbocycles. The molecule has 166 valence electrons. The van der Waals surface area contributed by atoms with Gasteiger partial charge in [0, 0.05) is 49.5 Å². The molecule has 3 heterocycles. The minimum atomic E-state index is 0.0294. The van der Waals surface area contributed by atoms with E-state index in [-0.39, 0.29) is 5.91 Å². The molecule has 6 heteroatoms. The van der Waals surface area contributed by atoms with Gasteiger partial charge in [0.15, 0.2) is 5.82 Å². The van der Waals surface area contributed by atoms with Crippen LogP contribution in [0.2, 0.25) is 0 Å². The zero-order valence-corrected chi connectivity index (χ0v) is 18.6. The first-order valence-corrected chi connectivity index (χ1v) is 11.5. The van der Waals surface area contributed by atoms with E-state index < -0.39 is 0 Å². The largest absolute Gasteiger partial charge is 0.353 e. The smallest absolute Gasteiger partial charge is 0.256 e. The van der Waals surface area contributed by atoms with E-state index in [0.29, 0.717) is 24.5 Å². The molecule has 0 radical (unpaired) electrons. The van der Waals surface area contributed by atoms with E-state index >= 15 is 0 Å². The minimum absolute atomic E-state index is 0.0294. The maximum Gasteiger partial charge on any atom is 0.256 e. The molecule has 1 fully saturated rings. The van der Waals surface area contributed by atoms with Gasteiger partial charge in [-0.3, -0.25) is 9.78 Å². The third-order valence-corrected chi connectivity index (χ3v) is 6.41. The quantitative estimate of drug-likeness (QED) is 0.373. The summed E-state index contributed by atoms with van der Waals surface area (Å²) in [4.78, 5) is 31.5. The summed E-state index contributed by atoms with van der Waals surface area (Å²) in [6.45, 7) is 2.70. The average molecular weight is 446 g/mol. The van der Waals surface area contributed by atoms with Crippen LogP contribution in [-0.4, -0.2) is 51.9 Å². The highest BCUT2D eigenvalue weighted by atomic mass is 16.2. The first kappa shape index (κ1) is 20.3. The summed E-state index contributed by atoms with van der Waals surface area (Å²) >= 11 is 0. The van der Waals surface area contributed by atoms with Gasteiger partial charge in [-0.05, 0) is 29.0 Å². The molecular weight excluding hydrogens is 422 g/mol. The maximum absolute atomic E-state index is 13.6. The Morgan fingerprint density at radius 2 is 1.50 bits per heavy atom. The van der Waals surface area contributed by atoms with E-state index in [2.05, 4.69) is 27.0 Å². The Balaban J connectivity index is 1.24. The number of piperazine rings is 1. The Kier molecular flexibility index (Phi) is 5.11. The fourth-order valence-electron chi connectivity index (χ4n) is 4.65. The number of nitrogens with zero attached hydrogens (tertiary/aromatic N) is 5. The highest BCUT2D eigenvalue weighted by Gasteiger charge is 2.25. The Hall–Kier alpha value is -4.32. The van der Waals surface area contributed by atoms with E-state index in [1.165, 1.54) is 0 Å². The Bertz CT molecular complexity index is 1490. The highest BCUT2D eigenvalue weighted by Crippen LogP contribution is 2.28. The zero-order valence-electron chi connectivity index (χ0n) is 18.6. The van der Waals surface area contributed by atoms with Gasteiger partial charge in [-0.2, -0.15) is 0 Å². The highest BCUT2D eigenvalue weighted by molar-refractivity contribution is 6.15. The molecular formula is C28H23N5O. The van der Waals surface area contributed by atoms with Gasteiger partial charge in [0.2, 0.25) is 0 Å². The van der Waals surface area contributed by atoms with E-state index in [1.807, 2.05) is 71.6 Å². The molecule has 2 aromatic heterocycles. The summed E-state index contributed by atoms with van der Waals surface area (Å²) in [6.07, 6.45) is 3.56. The van der Waals surface area contributed by atoms with Gasteiger partial charge in [-0.1, -0.05) is 60.7 Å². The van der Waals surface area contributed by atoms with Crippen molar-refractivity contribution in [3.8, 4) is 11.4 Å². The number of benzene rings is 3. The number of amides is 1. The molecule has 1 aliphatic rings. The Labute approximate surface area is 197 Å². The first-order chi connectivity index (χ1) is 16.8. The molecule has 5 aromatic rings. The van der Waals surface area contributed by atoms with Gasteiger partial charge in [-0.15, -0.1) is 0 Å². The van der Waals surface area contributed by atoms with Crippen LogP contribution >= 0.6 is 0 Å². The van der Waals surface area contributed by atoms with Crippen molar-refractivity contribution >= 4 is 33.4 Å². The van der Waals surface area contributed by atoms with Crippen LogP contribution in [-0.2, 0) is 0 Å². The van der Waals surface area contributed by atoms with Crippen molar-refractivity contribution in [2.45, 2.75) is 0 Å². The summed E-state index contributed by atoms with van der Waals surface area (Å²) in [5.74, 6) is 1.63. The van der Waals surface area contributed by atoms with Gasteiger partial charge < -0.3 is 9.80 Å². The van der Waals surface area contributed by atoms with Crippen molar-refractivity contribution in [1.29, 1.82) is 0 Å². The average Bonchev–Trinajstić information content (AvgIpc) is 2.93. The first-order valence-electron chi connectivity index (χ1n) is 11.5. The van der Waals surface area contributed by atoms with Crippen LogP contribution in [0.4, 0.5) is 5.82 Å². The van der Waals surface area contributed by atoms with Crippen LogP contribution in [0.25, 0.3) is 33.1 Å². The minimum Gasteiger partial charge on any atom is -0.353 e. The van der Waals surface area contributed by atoms with Crippen molar-refractivity contribution in [3.63, 3.8) is 0 Å². The molecule has 1 aliphatic heterocycles. The second kappa shape index (κ2) is 8.56. The lowest BCUT2D eigenvalue weighted by molar-refractivity contribution is 0.0748. The molecule has 0 aliphatic carbocycles. The van der Waals surface area contributed by atoms with Crippen LogP contribution in [0.3, 0.4) is 0 Å². The number of fused-ring (bicyclic) bond motifs is 3. The maximum atomic E-state index is 13.6. The normalized spacial score (nSPS) is 14.0. The molecule has 6 nitrogen and oxygen atoms in total. The van der Waals surface area contributed by atoms with E-state index in [9.17, 15) is 4.79 Å². The molecule has 1 saturated heterocycles. The Morgan fingerprint density at radius 3 is 2.35 bits per heavy atom. The summed E-state index contributed by atoms with van der Waals surface area (Å²) in [5, 5.41) is 3.18. The molecule has 3 aromatic carbocycles. The van der Waals surface area contributed by atoms with Gasteiger partial charge in [0.25, 0.3) is 5.91 Å². The third kappa shape index (κ3) is 3.63. The number of aromatic nitrogens is 3. The molecule has 0 spiro atoms. The fraction of sp³-hybridized carbons (Fsp3) is 0.143. The summed E-state index contributed by atoms with van der Waals surface area (Å²) in [6, 6.07) is 26.0. The van der Waals surface area contributed by atoms with Crippen LogP contribution < -0.4 is 4.90 Å². The lowest BCUT2D eigenvalue weighted by Crippen LogP contribution is -2.49. The number of pyridine rings is 1. The molecule has 0 bridgehead atoms. The summed E-state index contributed by atoms with van der Waals surface area (Å²) in [5.41, 5.74) is 2.42. The molecule has 0 unspecified atom stereocenters. The molecule has 6 rings (SSSR count). The standard InChI is InChI=1S/C28H23N5O/c34-28(24-19-21-9-4-5-10-22(21)23-11-6-13-29-26(23)24)33-17-15-32(16-18-33)25-12-14-30-27(31-25)20-7-2-1-3-8-20/h1-14,19H,15-18H2. The number of carbonyl (C=O) groups is 1. The number of rotatable bonds is 3. The van der Waals surface area contributed by atoms with E-state index in [1.54, 1.807) is 12.4 Å². The van der Waals surface area contributed by atoms with E-state index in [0.717, 1.165) is 46.1 Å². The van der Waals surface area contributed by atoms with Crippen LogP contribution in [0.15, 0.2) is 91.3 Å². The predicted octanol–water partition coefficient (Wildman–Crippen LogP) is 4.81. The van der Waals surface area contributed by atoms with Crippen molar-refractivity contribution in [1.82, 2.24) is 19.9 Å². The van der Waals surface area contributed by atoms with Gasteiger partial charge >= 0.3 is 0 Å². The van der Waals surface area contributed by atoms with Crippen molar-refractivity contribution < 1.29 is 4.79 Å². The number of hydrogen-bond donors (Lipinski definition) is 0. The lowest BCUT2D eigenvalue weighted by Gasteiger charge is -2.35. The second-order valence-corrected chi connectivity index (χ2v) is 8.43. The van der Waals surface area contributed by atoms with Crippen LogP contribution in [0, 0.1) is 0 Å². The van der Waals surface area contributed by atoms with Crippen molar-refractivity contribution in [2.75, 3.05) is 31.1 Å². The second-order valence-electron chi connectivity index (χ2n) is 8.43. The zero-order chi connectivity index (χ0) is 22.9. The van der Waals surface area contributed by atoms with Gasteiger partial charge in [0.05, 0.1) is 11.1 Å². The fourth-order valence-corrected chi connectivity index (χ4v) is 4.65. The van der Waals surface area contributed by atoms with Crippen LogP contribution in [0.5, 0.6) is 0 Å².